The Morgan fingerprint density at radius 2 is 2.40 bits per heavy atom. The molecule has 1 heterocycles. The quantitative estimate of drug-likeness (QED) is 0.677. The first-order valence-electron chi connectivity index (χ1n) is 3.19. The minimum absolute atomic E-state index is 0.545. The lowest BCUT2D eigenvalue weighted by Crippen LogP contribution is -2.01. The van der Waals surface area contributed by atoms with Gasteiger partial charge in [0.25, 0.3) is 5.95 Å². The third kappa shape index (κ3) is 1.51. The van der Waals surface area contributed by atoms with Crippen molar-refractivity contribution in [2.45, 2.75) is 6.42 Å². The van der Waals surface area contributed by atoms with Crippen molar-refractivity contribution in [3.8, 4) is 5.95 Å². The summed E-state index contributed by atoms with van der Waals surface area (Å²) >= 11 is 0. The Morgan fingerprint density at radius 1 is 1.60 bits per heavy atom. The summed E-state index contributed by atoms with van der Waals surface area (Å²) in [5, 5.41) is 0. The normalized spacial score (nSPS) is 9.80. The van der Waals surface area contributed by atoms with Crippen LogP contribution in [0.15, 0.2) is 16.5 Å². The van der Waals surface area contributed by atoms with E-state index in [2.05, 4.69) is 0 Å². The lowest BCUT2D eigenvalue weighted by Gasteiger charge is -1.91. The minimum atomic E-state index is 0.545. The van der Waals surface area contributed by atoms with Gasteiger partial charge in [-0.05, 0) is 12.6 Å². The molecule has 0 fully saturated rings. The number of hydrogen-bond donors (Lipinski definition) is 1. The molecule has 2 N–H and O–H groups in total. The van der Waals surface area contributed by atoms with E-state index in [9.17, 15) is 0 Å². The van der Waals surface area contributed by atoms with E-state index >= 15 is 0 Å². The predicted octanol–water partition coefficient (Wildman–Crippen LogP) is 0.789. The molecule has 0 spiro atoms. The number of rotatable bonds is 3. The molecule has 0 radical (unpaired) electrons. The summed E-state index contributed by atoms with van der Waals surface area (Å²) in [5.41, 5.74) is 5.31. The summed E-state index contributed by atoms with van der Waals surface area (Å²) in [7, 11) is 1.57. The number of ether oxygens (including phenoxy) is 1. The van der Waals surface area contributed by atoms with Gasteiger partial charge in [-0.25, -0.2) is 0 Å². The van der Waals surface area contributed by atoms with E-state index in [1.54, 1.807) is 13.2 Å². The van der Waals surface area contributed by atoms with Gasteiger partial charge in [-0.1, -0.05) is 0 Å². The molecule has 10 heavy (non-hydrogen) atoms. The van der Waals surface area contributed by atoms with Gasteiger partial charge in [0.1, 0.15) is 5.76 Å². The van der Waals surface area contributed by atoms with E-state index in [1.807, 2.05) is 6.07 Å². The number of methoxy groups -OCH3 is 1. The highest BCUT2D eigenvalue weighted by Gasteiger charge is 1.98. The summed E-state index contributed by atoms with van der Waals surface area (Å²) in [6, 6.07) is 3.65. The van der Waals surface area contributed by atoms with Crippen molar-refractivity contribution in [1.29, 1.82) is 0 Å². The summed E-state index contributed by atoms with van der Waals surface area (Å²) in [6.45, 7) is 0.608. The van der Waals surface area contributed by atoms with Crippen LogP contribution >= 0.6 is 0 Å². The van der Waals surface area contributed by atoms with Crippen molar-refractivity contribution < 1.29 is 9.15 Å². The molecule has 0 bridgehead atoms. The van der Waals surface area contributed by atoms with E-state index in [4.69, 9.17) is 14.9 Å². The van der Waals surface area contributed by atoms with E-state index in [0.717, 1.165) is 12.2 Å². The van der Waals surface area contributed by atoms with Crippen LogP contribution in [0, 0.1) is 0 Å². The molecule has 0 aliphatic carbocycles. The molecule has 1 aromatic heterocycles. The Morgan fingerprint density at radius 3 is 2.90 bits per heavy atom. The fraction of sp³-hybridized carbons (Fsp3) is 0.429. The van der Waals surface area contributed by atoms with Crippen LogP contribution in [-0.4, -0.2) is 13.7 Å². The predicted molar refractivity (Wildman–Crippen MR) is 38.0 cm³/mol. The molecule has 0 aliphatic rings. The maximum absolute atomic E-state index is 5.31. The second-order valence-corrected chi connectivity index (χ2v) is 1.96. The fourth-order valence-corrected chi connectivity index (χ4v) is 0.745. The third-order valence-corrected chi connectivity index (χ3v) is 1.23. The molecular weight excluding hydrogens is 130 g/mol. The molecule has 3 heteroatoms. The maximum Gasteiger partial charge on any atom is 0.284 e. The van der Waals surface area contributed by atoms with Crippen LogP contribution in [0.25, 0.3) is 0 Å². The summed E-state index contributed by atoms with van der Waals surface area (Å²) < 4.78 is 10.0. The second-order valence-electron chi connectivity index (χ2n) is 1.96. The maximum atomic E-state index is 5.31. The topological polar surface area (TPSA) is 48.4 Å². The van der Waals surface area contributed by atoms with Gasteiger partial charge in [0.05, 0.1) is 7.11 Å². The lowest BCUT2D eigenvalue weighted by atomic mass is 10.3. The van der Waals surface area contributed by atoms with Gasteiger partial charge in [0.2, 0.25) is 0 Å². The molecule has 0 saturated heterocycles. The SMILES string of the molecule is COc1ccc(CCN)o1. The monoisotopic (exact) mass is 141 g/mol. The van der Waals surface area contributed by atoms with Crippen LogP contribution in [0.2, 0.25) is 0 Å². The minimum Gasteiger partial charge on any atom is -0.468 e. The summed E-state index contributed by atoms with van der Waals surface area (Å²) in [6.07, 6.45) is 0.767. The summed E-state index contributed by atoms with van der Waals surface area (Å²) in [5.74, 6) is 1.42. The standard InChI is InChI=1S/C7H11NO2/c1-9-7-3-2-6(10-7)4-5-8/h2-3H,4-5,8H2,1H3. The molecule has 0 unspecified atom stereocenters. The van der Waals surface area contributed by atoms with Crippen molar-refractivity contribution in [3.63, 3.8) is 0 Å². The number of furan rings is 1. The highest BCUT2D eigenvalue weighted by Crippen LogP contribution is 2.14. The molecule has 1 rings (SSSR count). The Hall–Kier alpha value is -0.960. The zero-order valence-corrected chi connectivity index (χ0v) is 5.96. The first-order valence-corrected chi connectivity index (χ1v) is 3.19. The second kappa shape index (κ2) is 3.27. The Bertz CT molecular complexity index is 195. The van der Waals surface area contributed by atoms with Crippen molar-refractivity contribution in [2.75, 3.05) is 13.7 Å². The zero-order valence-electron chi connectivity index (χ0n) is 5.96. The van der Waals surface area contributed by atoms with Gasteiger partial charge in [-0.2, -0.15) is 0 Å². The first-order chi connectivity index (χ1) is 4.86. The van der Waals surface area contributed by atoms with Crippen LogP contribution in [0.3, 0.4) is 0 Å². The molecule has 0 aromatic carbocycles. The highest BCUT2D eigenvalue weighted by molar-refractivity contribution is 5.11. The Balaban J connectivity index is 2.59. The molecule has 0 saturated carbocycles. The van der Waals surface area contributed by atoms with Gasteiger partial charge in [0.15, 0.2) is 0 Å². The molecule has 0 amide bonds. The first kappa shape index (κ1) is 7.15. The van der Waals surface area contributed by atoms with Gasteiger partial charge in [-0.15, -0.1) is 0 Å². The molecule has 3 nitrogen and oxygen atoms in total. The molecule has 1 aromatic rings. The van der Waals surface area contributed by atoms with Crippen LogP contribution in [0.4, 0.5) is 0 Å². The Labute approximate surface area is 59.8 Å². The zero-order chi connectivity index (χ0) is 7.40. The smallest absolute Gasteiger partial charge is 0.284 e. The molecule has 0 atom stereocenters. The summed E-state index contributed by atoms with van der Waals surface area (Å²) in [4.78, 5) is 0. The van der Waals surface area contributed by atoms with Crippen LogP contribution in [0.1, 0.15) is 5.76 Å². The Kier molecular flexibility index (Phi) is 2.34. The third-order valence-electron chi connectivity index (χ3n) is 1.23. The van der Waals surface area contributed by atoms with Gasteiger partial charge < -0.3 is 14.9 Å². The van der Waals surface area contributed by atoms with E-state index in [1.165, 1.54) is 0 Å². The van der Waals surface area contributed by atoms with E-state index in [0.29, 0.717) is 12.5 Å². The van der Waals surface area contributed by atoms with Crippen molar-refractivity contribution >= 4 is 0 Å². The lowest BCUT2D eigenvalue weighted by molar-refractivity contribution is 0.295. The van der Waals surface area contributed by atoms with Crippen LogP contribution in [0.5, 0.6) is 5.95 Å². The van der Waals surface area contributed by atoms with E-state index in [-0.39, 0.29) is 0 Å². The van der Waals surface area contributed by atoms with Gasteiger partial charge in [-0.3, -0.25) is 0 Å². The average molecular weight is 141 g/mol. The van der Waals surface area contributed by atoms with E-state index < -0.39 is 0 Å². The van der Waals surface area contributed by atoms with Gasteiger partial charge >= 0.3 is 0 Å². The number of hydrogen-bond acceptors (Lipinski definition) is 3. The highest BCUT2D eigenvalue weighted by atomic mass is 16.6. The van der Waals surface area contributed by atoms with Crippen molar-refractivity contribution in [1.82, 2.24) is 0 Å². The number of nitrogens with two attached hydrogens (primary N) is 1. The molecular formula is C7H11NO2. The van der Waals surface area contributed by atoms with Crippen LogP contribution in [-0.2, 0) is 6.42 Å². The van der Waals surface area contributed by atoms with Gasteiger partial charge in [0, 0.05) is 12.5 Å². The van der Waals surface area contributed by atoms with Crippen molar-refractivity contribution in [2.24, 2.45) is 5.73 Å². The molecule has 0 aliphatic heterocycles. The molecule has 56 valence electrons. The average Bonchev–Trinajstić information content (AvgIpc) is 2.37. The fourth-order valence-electron chi connectivity index (χ4n) is 0.745. The largest absolute Gasteiger partial charge is 0.468 e. The van der Waals surface area contributed by atoms with Crippen LogP contribution < -0.4 is 10.5 Å². The van der Waals surface area contributed by atoms with Crippen molar-refractivity contribution in [3.05, 3.63) is 17.9 Å².